The second kappa shape index (κ2) is 7.38. The van der Waals surface area contributed by atoms with Gasteiger partial charge in [0.2, 0.25) is 0 Å². The first-order valence-electron chi connectivity index (χ1n) is 7.06. The number of hydrogen-bond donors (Lipinski definition) is 1. The van der Waals surface area contributed by atoms with Crippen molar-refractivity contribution in [2.24, 2.45) is 5.92 Å². The predicted molar refractivity (Wildman–Crippen MR) is 86.5 cm³/mol. The lowest BCUT2D eigenvalue weighted by atomic mass is 10.0. The molecule has 0 aliphatic rings. The van der Waals surface area contributed by atoms with Gasteiger partial charge in [-0.15, -0.1) is 11.3 Å². The molecule has 4 heteroatoms. The Kier molecular flexibility index (Phi) is 5.53. The van der Waals surface area contributed by atoms with Crippen molar-refractivity contribution >= 4 is 17.3 Å². The summed E-state index contributed by atoms with van der Waals surface area (Å²) in [6.45, 7) is 5.22. The molecule has 2 aromatic rings. The SMILES string of the molecule is COC(=O)c1ccc(CNC(c2cccs2)C(C)C)cc1. The maximum atomic E-state index is 11.4. The maximum Gasteiger partial charge on any atom is 0.337 e. The summed E-state index contributed by atoms with van der Waals surface area (Å²) in [5.41, 5.74) is 1.74. The highest BCUT2D eigenvalue weighted by Gasteiger charge is 2.16. The normalized spacial score (nSPS) is 12.4. The van der Waals surface area contributed by atoms with Crippen LogP contribution in [-0.2, 0) is 11.3 Å². The molecule has 0 radical (unpaired) electrons. The Morgan fingerprint density at radius 1 is 1.24 bits per heavy atom. The van der Waals surface area contributed by atoms with Gasteiger partial charge in [0.05, 0.1) is 12.7 Å². The number of nitrogens with one attached hydrogen (secondary N) is 1. The fraction of sp³-hybridized carbons (Fsp3) is 0.353. The Balaban J connectivity index is 1.99. The van der Waals surface area contributed by atoms with E-state index in [0.717, 1.165) is 12.1 Å². The highest BCUT2D eigenvalue weighted by Crippen LogP contribution is 2.26. The lowest BCUT2D eigenvalue weighted by Gasteiger charge is -2.21. The number of benzene rings is 1. The van der Waals surface area contributed by atoms with Crippen molar-refractivity contribution in [2.45, 2.75) is 26.4 Å². The molecule has 1 N–H and O–H groups in total. The van der Waals surface area contributed by atoms with Crippen LogP contribution < -0.4 is 5.32 Å². The Morgan fingerprint density at radius 2 is 1.95 bits per heavy atom. The molecule has 2 rings (SSSR count). The number of esters is 1. The third-order valence-corrected chi connectivity index (χ3v) is 4.37. The molecule has 0 aliphatic heterocycles. The highest BCUT2D eigenvalue weighted by molar-refractivity contribution is 7.10. The quantitative estimate of drug-likeness (QED) is 0.819. The first kappa shape index (κ1) is 15.7. The van der Waals surface area contributed by atoms with E-state index in [4.69, 9.17) is 4.74 Å². The Bertz CT molecular complexity index is 561. The summed E-state index contributed by atoms with van der Waals surface area (Å²) >= 11 is 1.78. The predicted octanol–water partition coefficient (Wildman–Crippen LogP) is 4.02. The summed E-state index contributed by atoms with van der Waals surface area (Å²) in [6, 6.07) is 12.1. The molecule has 112 valence electrons. The van der Waals surface area contributed by atoms with Crippen LogP contribution in [0.2, 0.25) is 0 Å². The fourth-order valence-corrected chi connectivity index (χ4v) is 3.21. The molecule has 0 aliphatic carbocycles. The minimum atomic E-state index is -0.298. The molecule has 1 aromatic heterocycles. The van der Waals surface area contributed by atoms with E-state index in [-0.39, 0.29) is 5.97 Å². The van der Waals surface area contributed by atoms with E-state index >= 15 is 0 Å². The summed E-state index contributed by atoms with van der Waals surface area (Å²) < 4.78 is 4.70. The maximum absolute atomic E-state index is 11.4. The number of ether oxygens (including phenoxy) is 1. The van der Waals surface area contributed by atoms with Crippen molar-refractivity contribution in [1.29, 1.82) is 0 Å². The van der Waals surface area contributed by atoms with Crippen molar-refractivity contribution in [1.82, 2.24) is 5.32 Å². The van der Waals surface area contributed by atoms with Gasteiger partial charge in [-0.25, -0.2) is 4.79 Å². The standard InChI is InChI=1S/C17H21NO2S/c1-12(2)16(15-5-4-10-21-15)18-11-13-6-8-14(9-7-13)17(19)20-3/h4-10,12,16,18H,11H2,1-3H3. The molecule has 1 heterocycles. The first-order valence-corrected chi connectivity index (χ1v) is 7.94. The van der Waals surface area contributed by atoms with Gasteiger partial charge in [-0.05, 0) is 35.1 Å². The van der Waals surface area contributed by atoms with Crippen LogP contribution in [0.4, 0.5) is 0 Å². The van der Waals surface area contributed by atoms with E-state index in [1.807, 2.05) is 12.1 Å². The minimum Gasteiger partial charge on any atom is -0.465 e. The molecule has 1 aromatic carbocycles. The zero-order chi connectivity index (χ0) is 15.2. The first-order chi connectivity index (χ1) is 10.1. The molecule has 0 bridgehead atoms. The van der Waals surface area contributed by atoms with Gasteiger partial charge in [-0.3, -0.25) is 0 Å². The van der Waals surface area contributed by atoms with E-state index in [1.165, 1.54) is 12.0 Å². The molecule has 1 atom stereocenters. The van der Waals surface area contributed by atoms with Crippen molar-refractivity contribution in [3.05, 3.63) is 57.8 Å². The van der Waals surface area contributed by atoms with Crippen LogP contribution in [-0.4, -0.2) is 13.1 Å². The van der Waals surface area contributed by atoms with Gasteiger partial charge in [-0.2, -0.15) is 0 Å². The average molecular weight is 303 g/mol. The summed E-state index contributed by atoms with van der Waals surface area (Å²) in [7, 11) is 1.39. The Morgan fingerprint density at radius 3 is 2.48 bits per heavy atom. The van der Waals surface area contributed by atoms with E-state index in [0.29, 0.717) is 17.5 Å². The number of hydrogen-bond acceptors (Lipinski definition) is 4. The van der Waals surface area contributed by atoms with Gasteiger partial charge in [-0.1, -0.05) is 32.0 Å². The second-order valence-corrected chi connectivity index (χ2v) is 6.29. The summed E-state index contributed by atoms with van der Waals surface area (Å²) in [5, 5.41) is 5.70. The van der Waals surface area contributed by atoms with Gasteiger partial charge >= 0.3 is 5.97 Å². The van der Waals surface area contributed by atoms with E-state index < -0.39 is 0 Å². The Hall–Kier alpha value is -1.65. The number of carbonyl (C=O) groups excluding carboxylic acids is 1. The highest BCUT2D eigenvalue weighted by atomic mass is 32.1. The van der Waals surface area contributed by atoms with Crippen LogP contribution in [0.25, 0.3) is 0 Å². The zero-order valence-corrected chi connectivity index (χ0v) is 13.4. The lowest BCUT2D eigenvalue weighted by molar-refractivity contribution is 0.0600. The zero-order valence-electron chi connectivity index (χ0n) is 12.6. The number of carbonyl (C=O) groups is 1. The van der Waals surface area contributed by atoms with Crippen molar-refractivity contribution in [3.63, 3.8) is 0 Å². The summed E-state index contributed by atoms with van der Waals surface area (Å²) in [5.74, 6) is 0.228. The number of methoxy groups -OCH3 is 1. The molecule has 0 amide bonds. The van der Waals surface area contributed by atoms with Crippen molar-refractivity contribution < 1.29 is 9.53 Å². The molecule has 0 spiro atoms. The monoisotopic (exact) mass is 303 g/mol. The van der Waals surface area contributed by atoms with Crippen LogP contribution in [0.15, 0.2) is 41.8 Å². The molecule has 3 nitrogen and oxygen atoms in total. The molecule has 0 fully saturated rings. The summed E-state index contributed by atoms with van der Waals surface area (Å²) in [6.07, 6.45) is 0. The molecular weight excluding hydrogens is 282 g/mol. The van der Waals surface area contributed by atoms with Crippen LogP contribution in [0.5, 0.6) is 0 Å². The second-order valence-electron chi connectivity index (χ2n) is 5.31. The van der Waals surface area contributed by atoms with Crippen molar-refractivity contribution in [3.8, 4) is 0 Å². The minimum absolute atomic E-state index is 0.298. The van der Waals surface area contributed by atoms with Crippen LogP contribution in [0.3, 0.4) is 0 Å². The lowest BCUT2D eigenvalue weighted by Crippen LogP contribution is -2.24. The van der Waals surface area contributed by atoms with E-state index in [2.05, 4.69) is 36.7 Å². The van der Waals surface area contributed by atoms with Crippen LogP contribution >= 0.6 is 11.3 Å². The van der Waals surface area contributed by atoms with Crippen LogP contribution in [0.1, 0.15) is 40.7 Å². The molecule has 21 heavy (non-hydrogen) atoms. The molecular formula is C17H21NO2S. The summed E-state index contributed by atoms with van der Waals surface area (Å²) in [4.78, 5) is 12.8. The fourth-order valence-electron chi connectivity index (χ4n) is 2.24. The number of rotatable bonds is 6. The van der Waals surface area contributed by atoms with Gasteiger partial charge < -0.3 is 10.1 Å². The van der Waals surface area contributed by atoms with Crippen LogP contribution in [0, 0.1) is 5.92 Å². The Labute approximate surface area is 130 Å². The molecule has 0 saturated heterocycles. The third kappa shape index (κ3) is 4.16. The third-order valence-electron chi connectivity index (χ3n) is 3.42. The average Bonchev–Trinajstić information content (AvgIpc) is 3.01. The van der Waals surface area contributed by atoms with E-state index in [9.17, 15) is 4.79 Å². The van der Waals surface area contributed by atoms with Gasteiger partial charge in [0.25, 0.3) is 0 Å². The molecule has 0 saturated carbocycles. The molecule has 1 unspecified atom stereocenters. The topological polar surface area (TPSA) is 38.3 Å². The van der Waals surface area contributed by atoms with Gasteiger partial charge in [0.15, 0.2) is 0 Å². The van der Waals surface area contributed by atoms with Gasteiger partial charge in [0, 0.05) is 17.5 Å². The van der Waals surface area contributed by atoms with Crippen molar-refractivity contribution in [2.75, 3.05) is 7.11 Å². The largest absolute Gasteiger partial charge is 0.465 e. The van der Waals surface area contributed by atoms with Gasteiger partial charge in [0.1, 0.15) is 0 Å². The van der Waals surface area contributed by atoms with E-state index in [1.54, 1.807) is 23.5 Å². The smallest absolute Gasteiger partial charge is 0.337 e. The number of thiophene rings is 1.